The van der Waals surface area contributed by atoms with Gasteiger partial charge in [-0.2, -0.15) is 10.2 Å². The summed E-state index contributed by atoms with van der Waals surface area (Å²) in [4.78, 5) is 82.1. The highest BCUT2D eigenvalue weighted by Gasteiger charge is 2.28. The lowest BCUT2D eigenvalue weighted by atomic mass is 9.95. The van der Waals surface area contributed by atoms with Crippen LogP contribution >= 0.6 is 0 Å². The van der Waals surface area contributed by atoms with E-state index in [9.17, 15) is 52.8 Å². The summed E-state index contributed by atoms with van der Waals surface area (Å²) in [7, 11) is -0.249. The molecule has 0 radical (unpaired) electrons. The minimum absolute atomic E-state index is 0.0230. The van der Waals surface area contributed by atoms with Gasteiger partial charge in [-0.25, -0.2) is 37.2 Å². The first kappa shape index (κ1) is 112. The van der Waals surface area contributed by atoms with Crippen molar-refractivity contribution < 1.29 is 91.0 Å². The number of cyclic esters (lactones) is 5. The van der Waals surface area contributed by atoms with Gasteiger partial charge in [0.05, 0.1) is 51.5 Å². The van der Waals surface area contributed by atoms with E-state index in [0.29, 0.717) is 96.7 Å². The van der Waals surface area contributed by atoms with Crippen LogP contribution in [0.4, 0.5) is 0 Å². The fourth-order valence-electron chi connectivity index (χ4n) is 15.7. The van der Waals surface area contributed by atoms with Crippen LogP contribution in [0.1, 0.15) is 261 Å². The third-order valence-corrected chi connectivity index (χ3v) is 22.7. The normalized spacial score (nSPS) is 22.0. The highest BCUT2D eigenvalue weighted by molar-refractivity contribution is 7.88. The molecule has 7 aromatic carbocycles. The van der Waals surface area contributed by atoms with Crippen molar-refractivity contribution in [1.82, 2.24) is 10.3 Å². The van der Waals surface area contributed by atoms with Crippen LogP contribution in [0.5, 0.6) is 23.0 Å². The largest absolute Gasteiger partial charge is 0.508 e. The molecule has 27 heteroatoms. The van der Waals surface area contributed by atoms with Crippen molar-refractivity contribution in [2.45, 2.75) is 255 Å². The second-order valence-electron chi connectivity index (χ2n) is 35.5. The quantitative estimate of drug-likeness (QED) is 0.0320. The predicted octanol–water partition coefficient (Wildman–Crippen LogP) is 23.0. The number of aromatic hydroxyl groups is 4. The molecule has 0 fully saturated rings. The van der Waals surface area contributed by atoms with Crippen LogP contribution in [0.2, 0.25) is 0 Å². The second-order valence-corrected chi connectivity index (χ2v) is 37.2. The van der Waals surface area contributed by atoms with Gasteiger partial charge in [0.25, 0.3) is 0 Å². The molecule has 5 aliphatic rings. The van der Waals surface area contributed by atoms with Gasteiger partial charge in [0.2, 0.25) is 10.0 Å². The Labute approximate surface area is 831 Å². The average Bonchev–Trinajstić information content (AvgIpc) is 0.832. The Hall–Kier alpha value is -14.2. The summed E-state index contributed by atoms with van der Waals surface area (Å²) < 4.78 is 50.9. The first-order chi connectivity index (χ1) is 67.6. The van der Waals surface area contributed by atoms with E-state index in [-0.39, 0.29) is 95.4 Å². The van der Waals surface area contributed by atoms with Gasteiger partial charge in [0.1, 0.15) is 85.0 Å². The van der Waals surface area contributed by atoms with E-state index < -0.39 is 22.0 Å². The van der Waals surface area contributed by atoms with Crippen molar-refractivity contribution in [3.05, 3.63) is 342 Å². The summed E-state index contributed by atoms with van der Waals surface area (Å²) >= 11 is 0. The van der Waals surface area contributed by atoms with Crippen LogP contribution in [0.15, 0.2) is 262 Å². The SMILES string of the molecule is CC1C/C=C/CC/C=C/C(=NOCc2ccccc2)Cc2cc(O)cc(O)c2C(=O)O1.CNN=C1/C=C/CC/C=C/CC(C)OC(=O)c2c(C)cc(C)cc2C1.CON=C1/C=C/CC/C=C/CC(C)OC(=O)c2c(O)cc(O)cc2C1.Cc1cc(C)c2c(c1)CC(=NNS(C)(=O)=O)/C=C/CC/C=C/CC(C)OC2=O.Cc1ccc(CON=C2/C=C/CC/C=C/CC(C)OC(=O)c3c(C)cc(C)cc3C2)cc1. The van der Waals surface area contributed by atoms with Crippen molar-refractivity contribution in [2.75, 3.05) is 20.4 Å². The Morgan fingerprint density at radius 1 is 0.340 bits per heavy atom. The molecule has 12 rings (SSSR count). The number of nitrogens with one attached hydrogen (secondary N) is 2. The highest BCUT2D eigenvalue weighted by Crippen LogP contribution is 2.33. The Morgan fingerprint density at radius 3 is 0.943 bits per heavy atom. The standard InChI is InChI=1S/C28H33NO3.C25H27NO5.C21H28N2O4S.C21H28N2O2.C19H23NO5/c1-20-12-14-24(15-13-20)19-31-29-26-11-9-7-5-6-8-10-23(4)32-28(30)27-22(3)16-21(2)17-25(27)18-26;1-18-10-6-3-2-4-9-13-21(26-30-17-19-11-7-5-8-12-19)14-20-15-22(27)16-23(28)24(20)25(29)31-18;1-15-12-16(2)20-18(13-15)14-19(22-23-28(4,25)26)11-9-7-5-6-8-10-17(3)27-21(20)24;1-15-12-16(2)20-18(13-15)14-19(23-22-4)11-9-7-5-6-8-10-17(3)25-21(20)24;1-13-8-6-4-3-5-7-9-15(20-24-2)10-14-11-16(21)12-17(22)18(14)19(23)25-13/h6,8-9,11-17,23H,5,7,10,18-19H2,1-4H3;3,5-9,11-13,15-16,18,27-28H,2,4,10,14,17H2,1H3;6,8-9,11-13,17,23H,5,7,10,14H2,1-4H3;6,8-9,11-13,17,22H,5,7,10,14H2,1-4H3;4,6-7,9,11-13,21-22H,3,5,8,10H2,1-2H3/b8-6+,11-9+,29-26?;6-3+,13-9+,26-21?;8-6+,11-9+,22-19?;8-6+,11-9+,23-19?;6-4+,9-7+,20-15?. The number of benzene rings is 7. The van der Waals surface area contributed by atoms with E-state index in [1.54, 1.807) is 27.0 Å². The minimum atomic E-state index is -3.47. The summed E-state index contributed by atoms with van der Waals surface area (Å²) in [5, 5.41) is 61.3. The molecule has 0 aliphatic carbocycles. The third-order valence-electron chi connectivity index (χ3n) is 22.3. The number of aryl methyl sites for hydroxylation is 7. The third kappa shape index (κ3) is 40.6. The number of hydrogen-bond donors (Lipinski definition) is 6. The molecule has 26 nitrogen and oxygen atoms in total. The Bertz CT molecular complexity index is 5870. The molecule has 5 atom stereocenters. The molecule has 7 aromatic rings. The van der Waals surface area contributed by atoms with Gasteiger partial charge in [-0.1, -0.05) is 220 Å². The maximum Gasteiger partial charge on any atom is 0.342 e. The van der Waals surface area contributed by atoms with Crippen LogP contribution < -0.4 is 10.3 Å². The lowest BCUT2D eigenvalue weighted by Gasteiger charge is -2.17. The number of esters is 5. The molecule has 0 bridgehead atoms. The summed E-state index contributed by atoms with van der Waals surface area (Å²) in [6.45, 7) is 24.0. The number of fused-ring (bicyclic) bond motifs is 5. The van der Waals surface area contributed by atoms with Crippen molar-refractivity contribution in [3.8, 4) is 23.0 Å². The zero-order valence-corrected chi connectivity index (χ0v) is 84.8. The van der Waals surface area contributed by atoms with Gasteiger partial charge < -0.3 is 64.0 Å². The number of rotatable bonds is 10. The van der Waals surface area contributed by atoms with Crippen LogP contribution in [0, 0.1) is 48.5 Å². The average molecular weight is 1940 g/mol. The smallest absolute Gasteiger partial charge is 0.342 e. The van der Waals surface area contributed by atoms with Crippen LogP contribution in [0.3, 0.4) is 0 Å². The number of phenolic OH excluding ortho intramolecular Hbond substituents is 4. The van der Waals surface area contributed by atoms with Crippen LogP contribution in [-0.4, -0.2) is 138 Å². The number of phenols is 4. The molecule has 750 valence electrons. The van der Waals surface area contributed by atoms with Crippen LogP contribution in [-0.2, 0) is 93.5 Å². The Kier molecular flexibility index (Phi) is 47.1. The molecular weight excluding hydrogens is 1800 g/mol. The van der Waals surface area contributed by atoms with E-state index in [1.807, 2.05) is 208 Å². The number of carbonyl (C=O) groups is 5. The Morgan fingerprint density at radius 2 is 0.624 bits per heavy atom. The monoisotopic (exact) mass is 1940 g/mol. The number of ether oxygens (including phenoxy) is 5. The topological polar surface area (TPSA) is 360 Å². The summed E-state index contributed by atoms with van der Waals surface area (Å²) in [6, 6.07) is 35.0. The van der Waals surface area contributed by atoms with E-state index in [4.69, 9.17) is 38.2 Å². The number of oxime groups is 3. The summed E-state index contributed by atoms with van der Waals surface area (Å²) in [5.74, 6) is -3.11. The molecule has 0 amide bonds. The molecular formula is C114H139N7O19S. The number of carbonyl (C=O) groups excluding carboxylic acids is 5. The number of sulfonamides is 1. The molecule has 0 aromatic heterocycles. The van der Waals surface area contributed by atoms with Crippen molar-refractivity contribution in [1.29, 1.82) is 0 Å². The van der Waals surface area contributed by atoms with E-state index in [2.05, 4.69) is 104 Å². The van der Waals surface area contributed by atoms with Crippen molar-refractivity contribution in [2.24, 2.45) is 25.7 Å². The van der Waals surface area contributed by atoms with E-state index in [0.717, 1.165) is 168 Å². The number of nitrogens with zero attached hydrogens (tertiary/aromatic N) is 5. The maximum absolute atomic E-state index is 13.0. The lowest BCUT2D eigenvalue weighted by Crippen LogP contribution is -2.20. The molecule has 5 unspecified atom stereocenters. The number of hydrogen-bond acceptors (Lipinski definition) is 25. The molecule has 0 saturated heterocycles. The fourth-order valence-corrected chi connectivity index (χ4v) is 16.0. The zero-order chi connectivity index (χ0) is 102. The Balaban J connectivity index is 0.000000217. The number of allylic oxidation sites excluding steroid dienone is 15. The minimum Gasteiger partial charge on any atom is -0.508 e. The molecule has 5 aliphatic heterocycles. The maximum atomic E-state index is 13.0. The van der Waals surface area contributed by atoms with Crippen LogP contribution in [0.25, 0.3) is 0 Å². The van der Waals surface area contributed by atoms with Gasteiger partial charge in [-0.05, 0) is 245 Å². The molecule has 5 heterocycles. The summed E-state index contributed by atoms with van der Waals surface area (Å²) in [6.07, 6.45) is 54.0. The number of hydrazone groups is 2. The van der Waals surface area contributed by atoms with Gasteiger partial charge in [0, 0.05) is 83.4 Å². The molecule has 141 heavy (non-hydrogen) atoms. The summed E-state index contributed by atoms with van der Waals surface area (Å²) in [5.41, 5.74) is 20.7. The molecule has 6 N–H and O–H groups in total. The van der Waals surface area contributed by atoms with E-state index >= 15 is 0 Å². The lowest BCUT2D eigenvalue weighted by molar-refractivity contribution is 0.0332. The van der Waals surface area contributed by atoms with Gasteiger partial charge in [0.15, 0.2) is 0 Å². The van der Waals surface area contributed by atoms with Crippen molar-refractivity contribution >= 4 is 68.4 Å². The fraction of sp³-hybridized carbons (Fsp3) is 0.368. The second kappa shape index (κ2) is 59.3. The predicted molar refractivity (Wildman–Crippen MR) is 559 cm³/mol. The van der Waals surface area contributed by atoms with Gasteiger partial charge in [-0.3, -0.25) is 0 Å². The van der Waals surface area contributed by atoms with E-state index in [1.165, 1.54) is 24.8 Å². The van der Waals surface area contributed by atoms with Gasteiger partial charge in [-0.15, -0.1) is 0 Å². The first-order valence-corrected chi connectivity index (χ1v) is 49.9. The highest BCUT2D eigenvalue weighted by atomic mass is 32.2. The molecule has 0 saturated carbocycles. The molecule has 0 spiro atoms. The van der Waals surface area contributed by atoms with Crippen molar-refractivity contribution in [3.63, 3.8) is 0 Å². The zero-order valence-electron chi connectivity index (χ0n) is 84.0. The first-order valence-electron chi connectivity index (χ1n) is 48.0. The van der Waals surface area contributed by atoms with Gasteiger partial charge >= 0.3 is 29.8 Å².